The zero-order valence-electron chi connectivity index (χ0n) is 10.8. The first kappa shape index (κ1) is 13.8. The van der Waals surface area contributed by atoms with Crippen LogP contribution in [0.3, 0.4) is 0 Å². The fourth-order valence-corrected chi connectivity index (χ4v) is 4.98. The maximum Gasteiger partial charge on any atom is 0.252 e. The van der Waals surface area contributed by atoms with Gasteiger partial charge in [-0.25, -0.2) is 8.42 Å². The molecular weight excluding hydrogens is 270 g/mol. The fraction of sp³-hybridized carbons (Fsp3) is 0.636. The Hall–Kier alpha value is -0.630. The van der Waals surface area contributed by atoms with Gasteiger partial charge in [0.05, 0.1) is 0 Å². The molecule has 0 bridgehead atoms. The van der Waals surface area contributed by atoms with Crippen LogP contribution >= 0.6 is 11.3 Å². The number of hydrogen-bond donors (Lipinski definition) is 1. The molecule has 0 amide bonds. The second kappa shape index (κ2) is 4.80. The lowest BCUT2D eigenvalue weighted by Gasteiger charge is -2.41. The van der Waals surface area contributed by atoms with Gasteiger partial charge in [-0.15, -0.1) is 11.3 Å². The van der Waals surface area contributed by atoms with E-state index in [1.807, 2.05) is 20.9 Å². The molecule has 1 aromatic rings. The summed E-state index contributed by atoms with van der Waals surface area (Å²) in [6, 6.07) is 1.98. The molecule has 1 aromatic heterocycles. The number of nitrogens with zero attached hydrogens (tertiary/aromatic N) is 2. The van der Waals surface area contributed by atoms with E-state index < -0.39 is 10.0 Å². The molecule has 0 aromatic carbocycles. The number of nitrogen functional groups attached to an aromatic ring is 1. The van der Waals surface area contributed by atoms with Crippen LogP contribution < -0.4 is 5.73 Å². The number of hydrogen-bond acceptors (Lipinski definition) is 5. The van der Waals surface area contributed by atoms with E-state index in [0.29, 0.717) is 23.0 Å². The second-order valence-corrected chi connectivity index (χ2v) is 7.96. The van der Waals surface area contributed by atoms with Crippen molar-refractivity contribution in [2.45, 2.75) is 30.1 Å². The average Bonchev–Trinajstić information content (AvgIpc) is 2.72. The van der Waals surface area contributed by atoms with Crippen LogP contribution in [0.1, 0.15) is 13.8 Å². The molecule has 1 aliphatic heterocycles. The normalized spacial score (nSPS) is 27.5. The highest BCUT2D eigenvalue weighted by Gasteiger charge is 2.34. The molecule has 2 heterocycles. The predicted octanol–water partition coefficient (Wildman–Crippen LogP) is 1.04. The summed E-state index contributed by atoms with van der Waals surface area (Å²) in [5, 5.41) is 1.66. The number of likely N-dealkylation sites (N-methyl/N-ethyl adjacent to an activating group) is 1. The Kier molecular flexibility index (Phi) is 3.68. The molecule has 2 N–H and O–H groups in total. The first-order chi connectivity index (χ1) is 8.32. The highest BCUT2D eigenvalue weighted by atomic mass is 32.2. The summed E-state index contributed by atoms with van der Waals surface area (Å²) in [7, 11) is -1.36. The first-order valence-electron chi connectivity index (χ1n) is 5.88. The van der Waals surface area contributed by atoms with Crippen molar-refractivity contribution in [2.24, 2.45) is 0 Å². The standard InChI is InChI=1S/C11H19N3O2S2/c1-8-5-14(6-9(2)13(8)3)18(15,16)11-4-10(12)7-17-11/h4,7-9H,5-6,12H2,1-3H3. The van der Waals surface area contributed by atoms with E-state index in [4.69, 9.17) is 5.73 Å². The van der Waals surface area contributed by atoms with Crippen LogP contribution in [0.15, 0.2) is 15.7 Å². The van der Waals surface area contributed by atoms with Crippen molar-refractivity contribution in [2.75, 3.05) is 25.9 Å². The summed E-state index contributed by atoms with van der Waals surface area (Å²) in [6.07, 6.45) is 0. The molecule has 1 aliphatic rings. The molecule has 7 heteroatoms. The van der Waals surface area contributed by atoms with E-state index in [0.717, 1.165) is 0 Å². The highest BCUT2D eigenvalue weighted by molar-refractivity contribution is 7.91. The van der Waals surface area contributed by atoms with E-state index in [1.165, 1.54) is 17.4 Å². The van der Waals surface area contributed by atoms with Crippen LogP contribution in [0, 0.1) is 0 Å². The summed E-state index contributed by atoms with van der Waals surface area (Å²) < 4.78 is 26.8. The van der Waals surface area contributed by atoms with Gasteiger partial charge in [-0.05, 0) is 27.0 Å². The van der Waals surface area contributed by atoms with E-state index in [2.05, 4.69) is 4.90 Å². The molecule has 0 spiro atoms. The van der Waals surface area contributed by atoms with Gasteiger partial charge in [0.15, 0.2) is 0 Å². The van der Waals surface area contributed by atoms with Crippen LogP contribution in [-0.4, -0.2) is 49.8 Å². The molecule has 1 fully saturated rings. The van der Waals surface area contributed by atoms with Crippen LogP contribution in [0.4, 0.5) is 5.69 Å². The fourth-order valence-electron chi connectivity index (χ4n) is 2.14. The molecule has 2 unspecified atom stereocenters. The molecule has 0 saturated carbocycles. The molecule has 0 radical (unpaired) electrons. The number of sulfonamides is 1. The number of rotatable bonds is 2. The maximum atomic E-state index is 12.5. The Bertz CT molecular complexity index is 514. The number of anilines is 1. The van der Waals surface area contributed by atoms with Gasteiger partial charge in [0.1, 0.15) is 4.21 Å². The number of nitrogens with two attached hydrogens (primary N) is 1. The van der Waals surface area contributed by atoms with Gasteiger partial charge in [-0.2, -0.15) is 4.31 Å². The smallest absolute Gasteiger partial charge is 0.252 e. The molecule has 5 nitrogen and oxygen atoms in total. The molecule has 2 atom stereocenters. The number of piperazine rings is 1. The third-order valence-corrected chi connectivity index (χ3v) is 6.78. The SMILES string of the molecule is CC1CN(S(=O)(=O)c2cc(N)cs2)CC(C)N1C. The predicted molar refractivity (Wildman–Crippen MR) is 74.2 cm³/mol. The van der Waals surface area contributed by atoms with Gasteiger partial charge in [0, 0.05) is 36.2 Å². The van der Waals surface area contributed by atoms with Crippen LogP contribution in [0.25, 0.3) is 0 Å². The van der Waals surface area contributed by atoms with Crippen molar-refractivity contribution in [1.29, 1.82) is 0 Å². The lowest BCUT2D eigenvalue weighted by molar-refractivity contribution is 0.105. The Morgan fingerprint density at radius 1 is 1.33 bits per heavy atom. The van der Waals surface area contributed by atoms with E-state index in [9.17, 15) is 8.42 Å². The zero-order valence-corrected chi connectivity index (χ0v) is 12.5. The molecule has 2 rings (SSSR count). The van der Waals surface area contributed by atoms with Gasteiger partial charge in [0.2, 0.25) is 0 Å². The lowest BCUT2D eigenvalue weighted by atomic mass is 10.1. The highest BCUT2D eigenvalue weighted by Crippen LogP contribution is 2.27. The Morgan fingerprint density at radius 2 is 1.89 bits per heavy atom. The summed E-state index contributed by atoms with van der Waals surface area (Å²) in [5.74, 6) is 0. The van der Waals surface area contributed by atoms with Crippen molar-refractivity contribution < 1.29 is 8.42 Å². The van der Waals surface area contributed by atoms with Gasteiger partial charge < -0.3 is 5.73 Å². The molecular formula is C11H19N3O2S2. The number of thiophene rings is 1. The van der Waals surface area contributed by atoms with Gasteiger partial charge in [-0.3, -0.25) is 4.90 Å². The minimum absolute atomic E-state index is 0.223. The molecule has 18 heavy (non-hydrogen) atoms. The van der Waals surface area contributed by atoms with E-state index in [1.54, 1.807) is 9.69 Å². The summed E-state index contributed by atoms with van der Waals surface area (Å²) in [5.41, 5.74) is 6.11. The van der Waals surface area contributed by atoms with Crippen LogP contribution in [0.5, 0.6) is 0 Å². The summed E-state index contributed by atoms with van der Waals surface area (Å²) in [6.45, 7) is 5.14. The Morgan fingerprint density at radius 3 is 2.33 bits per heavy atom. The van der Waals surface area contributed by atoms with Crippen LogP contribution in [0.2, 0.25) is 0 Å². The van der Waals surface area contributed by atoms with Gasteiger partial charge >= 0.3 is 0 Å². The molecule has 0 aliphatic carbocycles. The van der Waals surface area contributed by atoms with Crippen molar-refractivity contribution in [3.05, 3.63) is 11.4 Å². The van der Waals surface area contributed by atoms with Crippen molar-refractivity contribution in [3.8, 4) is 0 Å². The second-order valence-electron chi connectivity index (χ2n) is 4.88. The van der Waals surface area contributed by atoms with Crippen LogP contribution in [-0.2, 0) is 10.0 Å². The van der Waals surface area contributed by atoms with E-state index >= 15 is 0 Å². The zero-order chi connectivity index (χ0) is 13.5. The lowest BCUT2D eigenvalue weighted by Crippen LogP contribution is -2.56. The first-order valence-corrected chi connectivity index (χ1v) is 8.20. The minimum Gasteiger partial charge on any atom is -0.398 e. The minimum atomic E-state index is -3.39. The van der Waals surface area contributed by atoms with Crippen molar-refractivity contribution in [1.82, 2.24) is 9.21 Å². The van der Waals surface area contributed by atoms with Crippen molar-refractivity contribution in [3.63, 3.8) is 0 Å². The molecule has 1 saturated heterocycles. The third kappa shape index (κ3) is 2.40. The average molecular weight is 289 g/mol. The van der Waals surface area contributed by atoms with Gasteiger partial charge in [0.25, 0.3) is 10.0 Å². The molecule has 102 valence electrons. The summed E-state index contributed by atoms with van der Waals surface area (Å²) in [4.78, 5) is 2.20. The van der Waals surface area contributed by atoms with Gasteiger partial charge in [-0.1, -0.05) is 0 Å². The van der Waals surface area contributed by atoms with Crippen molar-refractivity contribution >= 4 is 27.0 Å². The van der Waals surface area contributed by atoms with E-state index in [-0.39, 0.29) is 12.1 Å². The topological polar surface area (TPSA) is 66.6 Å². The maximum absolute atomic E-state index is 12.5. The quantitative estimate of drug-likeness (QED) is 0.883. The Labute approximate surface area is 112 Å². The summed E-state index contributed by atoms with van der Waals surface area (Å²) >= 11 is 1.19. The largest absolute Gasteiger partial charge is 0.398 e. The monoisotopic (exact) mass is 289 g/mol. The third-order valence-electron chi connectivity index (χ3n) is 3.52. The Balaban J connectivity index is 2.26.